The van der Waals surface area contributed by atoms with Crippen LogP contribution in [-0.4, -0.2) is 15.9 Å². The quantitative estimate of drug-likeness (QED) is 0.592. The second-order valence-corrected chi connectivity index (χ2v) is 8.07. The summed E-state index contributed by atoms with van der Waals surface area (Å²) in [7, 11) is 0. The third kappa shape index (κ3) is 4.67. The van der Waals surface area contributed by atoms with Crippen molar-refractivity contribution in [2.24, 2.45) is 0 Å². The first-order valence-corrected chi connectivity index (χ1v) is 9.38. The first kappa shape index (κ1) is 19.8. The molecule has 2 N–H and O–H groups in total. The zero-order valence-electron chi connectivity index (χ0n) is 16.4. The molecule has 0 bridgehead atoms. The standard InChI is InChI=1S/C22H23ClN4O/c1-14-9-10-16(23)11-19(14)26-20(28)15-12-24-21(25-13-15)27-18-8-6-5-7-17(18)22(2,3)4/h5-13H,1-4H3,(H,26,28)(H,24,25,27). The molecule has 0 spiro atoms. The highest BCUT2D eigenvalue weighted by Crippen LogP contribution is 2.30. The highest BCUT2D eigenvalue weighted by molar-refractivity contribution is 6.31. The normalized spacial score (nSPS) is 11.2. The SMILES string of the molecule is Cc1ccc(Cl)cc1NC(=O)c1cnc(Nc2ccccc2C(C)(C)C)nc1. The van der Waals surface area contributed by atoms with Gasteiger partial charge in [-0.2, -0.15) is 0 Å². The molecule has 0 aliphatic rings. The van der Waals surface area contributed by atoms with Gasteiger partial charge in [0.1, 0.15) is 0 Å². The van der Waals surface area contributed by atoms with E-state index in [0.29, 0.717) is 22.2 Å². The first-order chi connectivity index (χ1) is 13.2. The summed E-state index contributed by atoms with van der Waals surface area (Å²) in [5.41, 5.74) is 4.06. The summed E-state index contributed by atoms with van der Waals surface area (Å²) in [4.78, 5) is 21.1. The molecule has 28 heavy (non-hydrogen) atoms. The van der Waals surface area contributed by atoms with Gasteiger partial charge in [-0.3, -0.25) is 4.79 Å². The van der Waals surface area contributed by atoms with Crippen LogP contribution >= 0.6 is 11.6 Å². The number of amides is 1. The van der Waals surface area contributed by atoms with Crippen LogP contribution in [0.5, 0.6) is 0 Å². The molecule has 5 nitrogen and oxygen atoms in total. The van der Waals surface area contributed by atoms with E-state index in [0.717, 1.165) is 16.8 Å². The Morgan fingerprint density at radius 2 is 1.68 bits per heavy atom. The largest absolute Gasteiger partial charge is 0.324 e. The number of hydrogen-bond donors (Lipinski definition) is 2. The van der Waals surface area contributed by atoms with Crippen molar-refractivity contribution in [1.82, 2.24) is 9.97 Å². The van der Waals surface area contributed by atoms with Crippen molar-refractivity contribution in [1.29, 1.82) is 0 Å². The van der Waals surface area contributed by atoms with Gasteiger partial charge in [-0.15, -0.1) is 0 Å². The lowest BCUT2D eigenvalue weighted by Crippen LogP contribution is -2.15. The number of nitrogens with zero attached hydrogens (tertiary/aromatic N) is 2. The molecule has 1 aromatic heterocycles. The minimum absolute atomic E-state index is 0.0156. The topological polar surface area (TPSA) is 66.9 Å². The van der Waals surface area contributed by atoms with Crippen molar-refractivity contribution in [3.63, 3.8) is 0 Å². The number of halogens is 1. The molecule has 0 fully saturated rings. The predicted molar refractivity (Wildman–Crippen MR) is 115 cm³/mol. The van der Waals surface area contributed by atoms with E-state index in [1.807, 2.05) is 31.2 Å². The molecular weight excluding hydrogens is 372 g/mol. The highest BCUT2D eigenvalue weighted by Gasteiger charge is 2.18. The molecule has 0 radical (unpaired) electrons. The van der Waals surface area contributed by atoms with Crippen LogP contribution in [0, 0.1) is 6.92 Å². The van der Waals surface area contributed by atoms with Crippen LogP contribution in [0.25, 0.3) is 0 Å². The van der Waals surface area contributed by atoms with Gasteiger partial charge in [-0.25, -0.2) is 9.97 Å². The molecule has 3 rings (SSSR count). The van der Waals surface area contributed by atoms with Gasteiger partial charge in [-0.05, 0) is 41.7 Å². The number of nitrogens with one attached hydrogen (secondary N) is 2. The third-order valence-electron chi connectivity index (χ3n) is 4.34. The Bertz CT molecular complexity index is 994. The monoisotopic (exact) mass is 394 g/mol. The molecule has 0 aliphatic carbocycles. The molecule has 144 valence electrons. The maximum absolute atomic E-state index is 12.5. The van der Waals surface area contributed by atoms with Gasteiger partial charge in [0.05, 0.1) is 5.56 Å². The third-order valence-corrected chi connectivity index (χ3v) is 4.58. The molecule has 0 unspecified atom stereocenters. The van der Waals surface area contributed by atoms with Crippen LogP contribution in [-0.2, 0) is 5.41 Å². The number of carbonyl (C=O) groups excluding carboxylic acids is 1. The Hall–Kier alpha value is -2.92. The van der Waals surface area contributed by atoms with E-state index in [-0.39, 0.29) is 11.3 Å². The second kappa shape index (κ2) is 7.98. The van der Waals surface area contributed by atoms with E-state index < -0.39 is 0 Å². The predicted octanol–water partition coefficient (Wildman–Crippen LogP) is 5.73. The molecule has 0 aliphatic heterocycles. The van der Waals surface area contributed by atoms with E-state index in [9.17, 15) is 4.79 Å². The van der Waals surface area contributed by atoms with Crippen LogP contribution in [0.15, 0.2) is 54.9 Å². The lowest BCUT2D eigenvalue weighted by Gasteiger charge is -2.22. The number of carbonyl (C=O) groups is 1. The molecule has 2 aromatic carbocycles. The van der Waals surface area contributed by atoms with Crippen LogP contribution in [0.1, 0.15) is 42.3 Å². The Balaban J connectivity index is 1.75. The smallest absolute Gasteiger partial charge is 0.258 e. The summed E-state index contributed by atoms with van der Waals surface area (Å²) in [6.07, 6.45) is 3.01. The molecule has 3 aromatic rings. The summed E-state index contributed by atoms with van der Waals surface area (Å²) in [6.45, 7) is 8.36. The minimum Gasteiger partial charge on any atom is -0.324 e. The molecular formula is C22H23ClN4O. The zero-order valence-corrected chi connectivity index (χ0v) is 17.1. The van der Waals surface area contributed by atoms with E-state index in [4.69, 9.17) is 11.6 Å². The van der Waals surface area contributed by atoms with Crippen molar-refractivity contribution in [3.8, 4) is 0 Å². The van der Waals surface area contributed by atoms with Crippen molar-refractivity contribution in [2.45, 2.75) is 33.1 Å². The summed E-state index contributed by atoms with van der Waals surface area (Å²) < 4.78 is 0. The van der Waals surface area contributed by atoms with Gasteiger partial charge in [0.2, 0.25) is 5.95 Å². The van der Waals surface area contributed by atoms with Crippen molar-refractivity contribution < 1.29 is 4.79 Å². The number of hydrogen-bond acceptors (Lipinski definition) is 4. The van der Waals surface area contributed by atoms with Crippen LogP contribution in [0.3, 0.4) is 0 Å². The maximum atomic E-state index is 12.5. The van der Waals surface area contributed by atoms with E-state index >= 15 is 0 Å². The summed E-state index contributed by atoms with van der Waals surface area (Å²) in [6, 6.07) is 13.4. The lowest BCUT2D eigenvalue weighted by molar-refractivity contribution is 0.102. The van der Waals surface area contributed by atoms with Crippen molar-refractivity contribution >= 4 is 34.8 Å². The number of rotatable bonds is 4. The number of anilines is 3. The van der Waals surface area contributed by atoms with Gasteiger partial charge < -0.3 is 10.6 Å². The van der Waals surface area contributed by atoms with Crippen LogP contribution in [0.2, 0.25) is 5.02 Å². The molecule has 6 heteroatoms. The fourth-order valence-electron chi connectivity index (χ4n) is 2.80. The van der Waals surface area contributed by atoms with Gasteiger partial charge in [0.25, 0.3) is 5.91 Å². The van der Waals surface area contributed by atoms with Gasteiger partial charge in [0.15, 0.2) is 0 Å². The van der Waals surface area contributed by atoms with E-state index in [1.54, 1.807) is 12.1 Å². The molecule has 0 atom stereocenters. The summed E-state index contributed by atoms with van der Waals surface area (Å²) >= 11 is 6.00. The molecule has 0 saturated carbocycles. The molecule has 0 saturated heterocycles. The zero-order chi connectivity index (χ0) is 20.3. The van der Waals surface area contributed by atoms with E-state index in [2.05, 4.69) is 47.4 Å². The Morgan fingerprint density at radius 3 is 2.36 bits per heavy atom. The van der Waals surface area contributed by atoms with Crippen molar-refractivity contribution in [2.75, 3.05) is 10.6 Å². The maximum Gasteiger partial charge on any atom is 0.258 e. The fraction of sp³-hybridized carbons (Fsp3) is 0.227. The Labute approximate surface area is 170 Å². The second-order valence-electron chi connectivity index (χ2n) is 7.63. The first-order valence-electron chi connectivity index (χ1n) is 9.00. The van der Waals surface area contributed by atoms with Crippen LogP contribution in [0.4, 0.5) is 17.3 Å². The fourth-order valence-corrected chi connectivity index (χ4v) is 2.97. The minimum atomic E-state index is -0.285. The van der Waals surface area contributed by atoms with Gasteiger partial charge >= 0.3 is 0 Å². The number of benzene rings is 2. The molecule has 1 amide bonds. The Kier molecular flexibility index (Phi) is 5.66. The van der Waals surface area contributed by atoms with Crippen LogP contribution < -0.4 is 10.6 Å². The highest BCUT2D eigenvalue weighted by atomic mass is 35.5. The number of aromatic nitrogens is 2. The van der Waals surface area contributed by atoms with Crippen molar-refractivity contribution in [3.05, 3.63) is 76.6 Å². The summed E-state index contributed by atoms with van der Waals surface area (Å²) in [5, 5.41) is 6.65. The molecule has 1 heterocycles. The average molecular weight is 395 g/mol. The number of aryl methyl sites for hydroxylation is 1. The average Bonchev–Trinajstić information content (AvgIpc) is 2.65. The van der Waals surface area contributed by atoms with E-state index in [1.165, 1.54) is 12.4 Å². The lowest BCUT2D eigenvalue weighted by atomic mass is 9.86. The Morgan fingerprint density at radius 1 is 1.00 bits per heavy atom. The number of para-hydroxylation sites is 1. The van der Waals surface area contributed by atoms with Gasteiger partial charge in [-0.1, -0.05) is 56.6 Å². The summed E-state index contributed by atoms with van der Waals surface area (Å²) in [5.74, 6) is 0.152. The van der Waals surface area contributed by atoms with Gasteiger partial charge in [0, 0.05) is 28.8 Å².